The number of carbonyl (C=O) groups is 1. The van der Waals surface area contributed by atoms with Gasteiger partial charge in [0.2, 0.25) is 0 Å². The summed E-state index contributed by atoms with van der Waals surface area (Å²) in [6.07, 6.45) is 14.9. The van der Waals surface area contributed by atoms with Crippen molar-refractivity contribution >= 4 is 21.9 Å². The zero-order chi connectivity index (χ0) is 15.8. The van der Waals surface area contributed by atoms with Crippen LogP contribution in [-0.4, -0.2) is 17.4 Å². The average molecular weight is 363 g/mol. The van der Waals surface area contributed by atoms with E-state index < -0.39 is 0 Å². The van der Waals surface area contributed by atoms with Crippen molar-refractivity contribution in [2.75, 3.05) is 5.33 Å². The van der Waals surface area contributed by atoms with E-state index in [1.165, 1.54) is 44.9 Å². The third kappa shape index (κ3) is 14.6. The highest BCUT2D eigenvalue weighted by atomic mass is 79.9. The highest BCUT2D eigenvalue weighted by molar-refractivity contribution is 9.09. The van der Waals surface area contributed by atoms with Gasteiger partial charge in [0.1, 0.15) is 6.10 Å². The Morgan fingerprint density at radius 2 is 1.48 bits per heavy atom. The van der Waals surface area contributed by atoms with Gasteiger partial charge in [0, 0.05) is 11.8 Å². The Morgan fingerprint density at radius 1 is 0.857 bits per heavy atom. The fourth-order valence-corrected chi connectivity index (χ4v) is 2.85. The van der Waals surface area contributed by atoms with Crippen molar-refractivity contribution in [2.24, 2.45) is 0 Å². The summed E-state index contributed by atoms with van der Waals surface area (Å²) in [4.78, 5) is 11.8. The van der Waals surface area contributed by atoms with Crippen LogP contribution in [0.3, 0.4) is 0 Å². The predicted molar refractivity (Wildman–Crippen MR) is 95.0 cm³/mol. The van der Waals surface area contributed by atoms with E-state index in [0.717, 1.165) is 37.4 Å². The fraction of sp³-hybridized carbons (Fsp3) is 0.944. The monoisotopic (exact) mass is 362 g/mol. The van der Waals surface area contributed by atoms with Gasteiger partial charge in [0.25, 0.3) is 0 Å². The molecule has 0 amide bonds. The van der Waals surface area contributed by atoms with Crippen molar-refractivity contribution in [3.8, 4) is 0 Å². The molecular formula is C18H35BrO2. The second-order valence-electron chi connectivity index (χ2n) is 5.96. The van der Waals surface area contributed by atoms with E-state index in [0.29, 0.717) is 6.42 Å². The predicted octanol–water partition coefficient (Wildman–Crippen LogP) is 6.40. The lowest BCUT2D eigenvalue weighted by molar-refractivity contribution is -0.150. The van der Waals surface area contributed by atoms with E-state index in [1.807, 2.05) is 0 Å². The van der Waals surface area contributed by atoms with E-state index in [9.17, 15) is 4.79 Å². The minimum absolute atomic E-state index is 0.00281. The van der Waals surface area contributed by atoms with Crippen LogP contribution < -0.4 is 0 Å². The number of ether oxygens (including phenoxy) is 1. The molecule has 0 bridgehead atoms. The topological polar surface area (TPSA) is 26.3 Å². The molecule has 0 saturated heterocycles. The third-order valence-electron chi connectivity index (χ3n) is 3.82. The van der Waals surface area contributed by atoms with Crippen LogP contribution in [0.15, 0.2) is 0 Å². The highest BCUT2D eigenvalue weighted by Crippen LogP contribution is 2.16. The molecule has 3 heteroatoms. The molecule has 2 nitrogen and oxygen atoms in total. The summed E-state index contributed by atoms with van der Waals surface area (Å²) in [6.45, 7) is 4.44. The minimum atomic E-state index is 0.00281. The molecule has 0 heterocycles. The number of esters is 1. The van der Waals surface area contributed by atoms with E-state index >= 15 is 0 Å². The molecule has 0 aliphatic heterocycles. The summed E-state index contributed by atoms with van der Waals surface area (Å²) in [5, 5.41) is 0.970. The van der Waals surface area contributed by atoms with Gasteiger partial charge in [-0.25, -0.2) is 0 Å². The molecular weight excluding hydrogens is 328 g/mol. The van der Waals surface area contributed by atoms with E-state index in [4.69, 9.17) is 4.74 Å². The largest absolute Gasteiger partial charge is 0.462 e. The lowest BCUT2D eigenvalue weighted by Crippen LogP contribution is -2.18. The van der Waals surface area contributed by atoms with Crippen molar-refractivity contribution in [3.05, 3.63) is 0 Å². The summed E-state index contributed by atoms with van der Waals surface area (Å²) in [5.41, 5.74) is 0. The van der Waals surface area contributed by atoms with Gasteiger partial charge < -0.3 is 4.74 Å². The smallest absolute Gasteiger partial charge is 0.306 e. The molecule has 0 aliphatic carbocycles. The molecule has 0 aromatic carbocycles. The van der Waals surface area contributed by atoms with Gasteiger partial charge in [-0.1, -0.05) is 74.7 Å². The lowest BCUT2D eigenvalue weighted by Gasteiger charge is -2.17. The van der Waals surface area contributed by atoms with Gasteiger partial charge in [0.15, 0.2) is 0 Å². The minimum Gasteiger partial charge on any atom is -0.462 e. The van der Waals surface area contributed by atoms with Gasteiger partial charge in [-0.3, -0.25) is 4.79 Å². The van der Waals surface area contributed by atoms with Crippen molar-refractivity contribution < 1.29 is 9.53 Å². The van der Waals surface area contributed by atoms with Gasteiger partial charge in [0.05, 0.1) is 0 Å². The van der Waals surface area contributed by atoms with Crippen molar-refractivity contribution in [1.82, 2.24) is 0 Å². The van der Waals surface area contributed by atoms with Gasteiger partial charge in [-0.05, 0) is 32.1 Å². The number of unbranched alkanes of at least 4 members (excludes halogenated alkanes) is 7. The number of halogens is 1. The Bertz CT molecular complexity index is 231. The van der Waals surface area contributed by atoms with Gasteiger partial charge >= 0.3 is 5.97 Å². The first-order valence-corrected chi connectivity index (χ1v) is 10.1. The Labute approximate surface area is 140 Å². The van der Waals surface area contributed by atoms with Gasteiger partial charge in [-0.15, -0.1) is 0 Å². The van der Waals surface area contributed by atoms with Crippen LogP contribution in [0.5, 0.6) is 0 Å². The summed E-state index contributed by atoms with van der Waals surface area (Å²) in [6, 6.07) is 0. The maximum Gasteiger partial charge on any atom is 0.306 e. The zero-order valence-corrected chi connectivity index (χ0v) is 15.8. The second kappa shape index (κ2) is 16.3. The molecule has 1 atom stereocenters. The molecule has 0 N–H and O–H groups in total. The molecule has 21 heavy (non-hydrogen) atoms. The second-order valence-corrected chi connectivity index (χ2v) is 6.75. The van der Waals surface area contributed by atoms with Crippen LogP contribution in [-0.2, 0) is 9.53 Å². The van der Waals surface area contributed by atoms with Crippen molar-refractivity contribution in [1.29, 1.82) is 0 Å². The molecule has 0 radical (unpaired) electrons. The molecule has 0 rings (SSSR count). The van der Waals surface area contributed by atoms with Crippen molar-refractivity contribution in [2.45, 2.75) is 103 Å². The first-order chi connectivity index (χ1) is 10.2. The summed E-state index contributed by atoms with van der Waals surface area (Å²) >= 11 is 3.39. The van der Waals surface area contributed by atoms with Crippen LogP contribution in [0, 0.1) is 0 Å². The van der Waals surface area contributed by atoms with E-state index in [1.54, 1.807) is 0 Å². The Morgan fingerprint density at radius 3 is 2.14 bits per heavy atom. The Balaban J connectivity index is 3.82. The maximum atomic E-state index is 11.8. The summed E-state index contributed by atoms with van der Waals surface area (Å²) in [5.74, 6) is 0.00281. The fourth-order valence-electron chi connectivity index (χ4n) is 2.45. The highest BCUT2D eigenvalue weighted by Gasteiger charge is 2.13. The van der Waals surface area contributed by atoms with Gasteiger partial charge in [-0.2, -0.15) is 0 Å². The number of rotatable bonds is 15. The zero-order valence-electron chi connectivity index (χ0n) is 14.2. The molecule has 0 aliphatic rings. The van der Waals surface area contributed by atoms with E-state index in [2.05, 4.69) is 29.8 Å². The molecule has 0 aromatic rings. The molecule has 126 valence electrons. The molecule has 0 saturated carbocycles. The molecule has 0 fully saturated rings. The number of hydrogen-bond donors (Lipinski definition) is 0. The molecule has 0 aromatic heterocycles. The Kier molecular flexibility index (Phi) is 16.3. The standard InChI is InChI=1S/C18H35BrO2/c1-3-5-7-8-9-10-14-17(13-6-4-2)21-18(20)15-11-12-16-19/h17H,3-16H2,1-2H3. The lowest BCUT2D eigenvalue weighted by atomic mass is 10.0. The first-order valence-electron chi connectivity index (χ1n) is 9.00. The maximum absolute atomic E-state index is 11.8. The van der Waals surface area contributed by atoms with Crippen LogP contribution in [0.4, 0.5) is 0 Å². The van der Waals surface area contributed by atoms with Crippen LogP contribution in [0.2, 0.25) is 0 Å². The van der Waals surface area contributed by atoms with Crippen LogP contribution in [0.1, 0.15) is 97.3 Å². The number of carbonyl (C=O) groups excluding carboxylic acids is 1. The number of alkyl halides is 1. The molecule has 1 unspecified atom stereocenters. The first kappa shape index (κ1) is 20.9. The SMILES string of the molecule is CCCCCCCCC(CCCC)OC(=O)CCCCBr. The Hall–Kier alpha value is -0.0500. The van der Waals surface area contributed by atoms with Crippen molar-refractivity contribution in [3.63, 3.8) is 0 Å². The average Bonchev–Trinajstić information content (AvgIpc) is 2.48. The summed E-state index contributed by atoms with van der Waals surface area (Å²) < 4.78 is 5.67. The van der Waals surface area contributed by atoms with E-state index in [-0.39, 0.29) is 12.1 Å². The van der Waals surface area contributed by atoms with Crippen LogP contribution in [0.25, 0.3) is 0 Å². The number of hydrogen-bond acceptors (Lipinski definition) is 2. The van der Waals surface area contributed by atoms with Crippen LogP contribution >= 0.6 is 15.9 Å². The summed E-state index contributed by atoms with van der Waals surface area (Å²) in [7, 11) is 0. The quantitative estimate of drug-likeness (QED) is 0.191. The molecule has 0 spiro atoms. The third-order valence-corrected chi connectivity index (χ3v) is 4.38. The normalized spacial score (nSPS) is 12.3.